The zero-order chi connectivity index (χ0) is 25.6. The first-order valence-corrected chi connectivity index (χ1v) is 16.2. The summed E-state index contributed by atoms with van der Waals surface area (Å²) in [4.78, 5) is 0. The van der Waals surface area contributed by atoms with Crippen LogP contribution >= 0.6 is 7.92 Å². The van der Waals surface area contributed by atoms with E-state index >= 15 is 0 Å². The van der Waals surface area contributed by atoms with Crippen molar-refractivity contribution in [1.29, 1.82) is 0 Å². The Balaban J connectivity index is 1.70. The summed E-state index contributed by atoms with van der Waals surface area (Å²) < 4.78 is 7.33. The summed E-state index contributed by atoms with van der Waals surface area (Å²) in [5.41, 5.74) is 7.01. The number of hydrogen-bond acceptors (Lipinski definition) is 2. The first-order valence-electron chi connectivity index (χ1n) is 12.7. The van der Waals surface area contributed by atoms with Crippen molar-refractivity contribution in [2.45, 2.75) is 44.9 Å². The van der Waals surface area contributed by atoms with E-state index in [1.807, 2.05) is 0 Å². The summed E-state index contributed by atoms with van der Waals surface area (Å²) >= 11 is 0. The number of nitrogens with two attached hydrogens (primary N) is 1. The molecule has 0 aromatic heterocycles. The zero-order valence-electron chi connectivity index (χ0n) is 21.8. The molecule has 0 spiro atoms. The van der Waals surface area contributed by atoms with Gasteiger partial charge in [-0.3, -0.25) is 0 Å². The lowest BCUT2D eigenvalue weighted by atomic mass is 10.2. The third-order valence-corrected chi connectivity index (χ3v) is 14.7. The Morgan fingerprint density at radius 1 is 0.667 bits per heavy atom. The second kappa shape index (κ2) is 11.7. The Hall–Kier alpha value is -2.55. The minimum absolute atomic E-state index is 0.0761. The molecule has 36 heavy (non-hydrogen) atoms. The molecule has 2 N–H and O–H groups in total. The molecule has 0 aliphatic heterocycles. The van der Waals surface area contributed by atoms with Crippen molar-refractivity contribution in [3.8, 4) is 0 Å². The van der Waals surface area contributed by atoms with E-state index in [2.05, 4.69) is 149 Å². The molecule has 4 rings (SSSR count). The summed E-state index contributed by atoms with van der Waals surface area (Å²) in [6.07, 6.45) is 0.775. The molecule has 4 aromatic carbocycles. The fourth-order valence-corrected chi connectivity index (χ4v) is 12.2. The highest BCUT2D eigenvalue weighted by molar-refractivity contribution is 7.73. The molecule has 0 heterocycles. The first kappa shape index (κ1) is 26.5. The highest BCUT2D eigenvalue weighted by Gasteiger charge is 2.51. The molecular formula is C32H38NOPSi. The minimum Gasteiger partial charge on any atom is -0.403 e. The molecule has 2 atom stereocenters. The van der Waals surface area contributed by atoms with Crippen molar-refractivity contribution in [3.63, 3.8) is 0 Å². The highest BCUT2D eigenvalue weighted by atomic mass is 31.1. The third kappa shape index (κ3) is 5.71. The van der Waals surface area contributed by atoms with Gasteiger partial charge in [0.2, 0.25) is 0 Å². The standard InChI is InChI=1S/C32H38NOPSi/c1-26(31(33)25-35(27-17-9-5-10-18-27)28-19-11-6-12-20-28)34-36(32(2,3)4,29-21-13-7-14-22-29)30-23-15-8-16-24-30/h5-24,26,31H,25,33H2,1-4H3. The van der Waals surface area contributed by atoms with Crippen LogP contribution in [0.25, 0.3) is 0 Å². The summed E-state index contributed by atoms with van der Waals surface area (Å²) in [7, 11) is -3.25. The van der Waals surface area contributed by atoms with Crippen LogP contribution in [-0.2, 0) is 4.43 Å². The Morgan fingerprint density at radius 2 is 1.03 bits per heavy atom. The summed E-state index contributed by atoms with van der Waals surface area (Å²) in [6, 6.07) is 43.1. The van der Waals surface area contributed by atoms with E-state index in [1.54, 1.807) is 0 Å². The van der Waals surface area contributed by atoms with Gasteiger partial charge >= 0.3 is 0 Å². The average Bonchev–Trinajstić information content (AvgIpc) is 2.91. The minimum atomic E-state index is -2.66. The van der Waals surface area contributed by atoms with Gasteiger partial charge in [0.25, 0.3) is 8.32 Å². The van der Waals surface area contributed by atoms with Gasteiger partial charge in [0.15, 0.2) is 0 Å². The Labute approximate surface area is 219 Å². The molecule has 0 saturated carbocycles. The van der Waals surface area contributed by atoms with Gasteiger partial charge < -0.3 is 10.2 Å². The van der Waals surface area contributed by atoms with Gasteiger partial charge in [-0.05, 0) is 47.0 Å². The van der Waals surface area contributed by atoms with E-state index in [0.29, 0.717) is 0 Å². The largest absolute Gasteiger partial charge is 0.403 e. The summed E-state index contributed by atoms with van der Waals surface area (Å²) in [5.74, 6) is 0. The fraction of sp³-hybridized carbons (Fsp3) is 0.250. The molecule has 2 unspecified atom stereocenters. The quantitative estimate of drug-likeness (QED) is 0.241. The molecule has 0 bridgehead atoms. The molecular weight excluding hydrogens is 473 g/mol. The predicted octanol–water partition coefficient (Wildman–Crippen LogP) is 5.41. The van der Waals surface area contributed by atoms with E-state index < -0.39 is 16.2 Å². The van der Waals surface area contributed by atoms with Crippen LogP contribution in [-0.4, -0.2) is 26.6 Å². The Kier molecular flexibility index (Phi) is 8.59. The van der Waals surface area contributed by atoms with Crippen molar-refractivity contribution in [1.82, 2.24) is 0 Å². The Morgan fingerprint density at radius 3 is 1.39 bits per heavy atom. The van der Waals surface area contributed by atoms with E-state index in [4.69, 9.17) is 10.2 Å². The van der Waals surface area contributed by atoms with Crippen LogP contribution in [0, 0.1) is 0 Å². The van der Waals surface area contributed by atoms with Gasteiger partial charge in [-0.1, -0.05) is 142 Å². The molecule has 2 nitrogen and oxygen atoms in total. The van der Waals surface area contributed by atoms with Crippen LogP contribution in [0.5, 0.6) is 0 Å². The number of benzene rings is 4. The average molecular weight is 512 g/mol. The normalized spacial score (nSPS) is 13.9. The van der Waals surface area contributed by atoms with E-state index in [9.17, 15) is 0 Å². The SMILES string of the molecule is CC(O[Si](c1ccccc1)(c1ccccc1)C(C)(C)C)C(N)CP(c1ccccc1)c1ccccc1. The maximum Gasteiger partial charge on any atom is 0.261 e. The van der Waals surface area contributed by atoms with Gasteiger partial charge in [0.05, 0.1) is 6.10 Å². The van der Waals surface area contributed by atoms with Crippen LogP contribution < -0.4 is 26.7 Å². The maximum atomic E-state index is 7.33. The molecule has 0 aliphatic rings. The molecule has 186 valence electrons. The Bertz CT molecular complexity index is 1120. The van der Waals surface area contributed by atoms with Crippen molar-refractivity contribution >= 4 is 37.2 Å². The van der Waals surface area contributed by atoms with Crippen LogP contribution in [0.3, 0.4) is 0 Å². The lowest BCUT2D eigenvalue weighted by Crippen LogP contribution is -2.68. The van der Waals surface area contributed by atoms with Crippen molar-refractivity contribution in [2.75, 3.05) is 6.16 Å². The molecule has 0 fully saturated rings. The second-order valence-corrected chi connectivity index (χ2v) is 16.9. The summed E-state index contributed by atoms with van der Waals surface area (Å²) in [5, 5.41) is 5.21. The fourth-order valence-electron chi connectivity index (χ4n) is 4.99. The van der Waals surface area contributed by atoms with Gasteiger partial charge in [-0.25, -0.2) is 0 Å². The molecule has 0 radical (unpaired) electrons. The van der Waals surface area contributed by atoms with Gasteiger partial charge in [-0.15, -0.1) is 0 Å². The highest BCUT2D eigenvalue weighted by Crippen LogP contribution is 2.39. The number of rotatable bonds is 9. The third-order valence-electron chi connectivity index (χ3n) is 6.91. The van der Waals surface area contributed by atoms with Crippen LogP contribution in [0.4, 0.5) is 0 Å². The zero-order valence-corrected chi connectivity index (χ0v) is 23.7. The van der Waals surface area contributed by atoms with Crippen LogP contribution in [0.2, 0.25) is 5.04 Å². The van der Waals surface area contributed by atoms with Crippen molar-refractivity contribution in [2.24, 2.45) is 5.73 Å². The van der Waals surface area contributed by atoms with Gasteiger partial charge in [-0.2, -0.15) is 0 Å². The van der Waals surface area contributed by atoms with Crippen molar-refractivity contribution in [3.05, 3.63) is 121 Å². The first-order chi connectivity index (χ1) is 17.3. The molecule has 0 aliphatic carbocycles. The lowest BCUT2D eigenvalue weighted by Gasteiger charge is -2.45. The van der Waals surface area contributed by atoms with E-state index in [1.165, 1.54) is 21.0 Å². The molecule has 0 saturated heterocycles. The van der Waals surface area contributed by atoms with Gasteiger partial charge in [0, 0.05) is 6.04 Å². The smallest absolute Gasteiger partial charge is 0.261 e. The molecule has 4 aromatic rings. The van der Waals surface area contributed by atoms with E-state index in [0.717, 1.165) is 6.16 Å². The summed E-state index contributed by atoms with van der Waals surface area (Å²) in [6.45, 7) is 9.13. The molecule has 0 amide bonds. The second-order valence-electron chi connectivity index (χ2n) is 10.4. The predicted molar refractivity (Wildman–Crippen MR) is 160 cm³/mol. The monoisotopic (exact) mass is 511 g/mol. The van der Waals surface area contributed by atoms with Crippen molar-refractivity contribution < 1.29 is 4.43 Å². The van der Waals surface area contributed by atoms with Crippen LogP contribution in [0.15, 0.2) is 121 Å². The van der Waals surface area contributed by atoms with E-state index in [-0.39, 0.29) is 17.2 Å². The maximum absolute atomic E-state index is 7.33. The van der Waals surface area contributed by atoms with Crippen LogP contribution in [0.1, 0.15) is 27.7 Å². The number of hydrogen-bond donors (Lipinski definition) is 1. The van der Waals surface area contributed by atoms with Gasteiger partial charge in [0.1, 0.15) is 0 Å². The lowest BCUT2D eigenvalue weighted by molar-refractivity contribution is 0.184. The topological polar surface area (TPSA) is 35.2 Å². The molecule has 4 heteroatoms.